The molecule has 7 heteroatoms. The molecule has 26 heavy (non-hydrogen) atoms. The van der Waals surface area contributed by atoms with Gasteiger partial charge in [0.2, 0.25) is 5.95 Å². The summed E-state index contributed by atoms with van der Waals surface area (Å²) >= 11 is 0. The van der Waals surface area contributed by atoms with Gasteiger partial charge in [-0.1, -0.05) is 0 Å². The Balaban J connectivity index is 1.52. The van der Waals surface area contributed by atoms with E-state index in [1.807, 2.05) is 44.6 Å². The fraction of sp³-hybridized carbons (Fsp3) is 0.526. The number of morpholine rings is 1. The predicted molar refractivity (Wildman–Crippen MR) is 104 cm³/mol. The van der Waals surface area contributed by atoms with E-state index < -0.39 is 0 Å². The number of likely N-dealkylation sites (N-methyl/N-ethyl adjacent to an activating group) is 1. The van der Waals surface area contributed by atoms with Crippen molar-refractivity contribution < 1.29 is 4.74 Å². The van der Waals surface area contributed by atoms with Crippen LogP contribution in [0.5, 0.6) is 0 Å². The Bertz CT molecular complexity index is 675. The summed E-state index contributed by atoms with van der Waals surface area (Å²) in [6, 6.07) is 6.09. The van der Waals surface area contributed by atoms with E-state index in [0.29, 0.717) is 0 Å². The second-order valence-corrected chi connectivity index (χ2v) is 6.60. The fourth-order valence-electron chi connectivity index (χ4n) is 2.93. The number of anilines is 2. The Labute approximate surface area is 155 Å². The molecule has 1 aliphatic heterocycles. The minimum Gasteiger partial charge on any atom is -0.379 e. The molecule has 140 valence electrons. The van der Waals surface area contributed by atoms with Crippen molar-refractivity contribution in [2.24, 2.45) is 0 Å². The standard InChI is InChI=1S/C19H28N6O/c1-16-15-18(21-8-10-25-11-13-26-14-12-25)23-19(22-16)24(2)9-5-17-3-6-20-7-4-17/h3-4,6-7,15H,5,8-14H2,1-2H3,(H,21,22,23). The van der Waals surface area contributed by atoms with Crippen LogP contribution in [0.4, 0.5) is 11.8 Å². The van der Waals surface area contributed by atoms with Crippen LogP contribution in [0.15, 0.2) is 30.6 Å². The molecular formula is C19H28N6O. The highest BCUT2D eigenvalue weighted by molar-refractivity contribution is 5.43. The van der Waals surface area contributed by atoms with Gasteiger partial charge in [-0.25, -0.2) is 4.98 Å². The van der Waals surface area contributed by atoms with Gasteiger partial charge in [0.05, 0.1) is 13.2 Å². The van der Waals surface area contributed by atoms with Crippen molar-refractivity contribution in [2.45, 2.75) is 13.3 Å². The molecule has 0 amide bonds. The summed E-state index contributed by atoms with van der Waals surface area (Å²) in [5, 5.41) is 3.43. The lowest BCUT2D eigenvalue weighted by Crippen LogP contribution is -2.39. The van der Waals surface area contributed by atoms with Gasteiger partial charge in [-0.3, -0.25) is 9.88 Å². The molecule has 2 aromatic rings. The Morgan fingerprint density at radius 1 is 1.19 bits per heavy atom. The summed E-state index contributed by atoms with van der Waals surface area (Å²) in [5.74, 6) is 1.64. The van der Waals surface area contributed by atoms with E-state index in [0.717, 1.165) is 69.8 Å². The molecule has 0 bridgehead atoms. The van der Waals surface area contributed by atoms with E-state index in [4.69, 9.17) is 4.74 Å². The number of aryl methyl sites for hydroxylation is 1. The quantitative estimate of drug-likeness (QED) is 0.771. The maximum Gasteiger partial charge on any atom is 0.227 e. The summed E-state index contributed by atoms with van der Waals surface area (Å²) < 4.78 is 5.39. The minimum atomic E-state index is 0.757. The highest BCUT2D eigenvalue weighted by Gasteiger charge is 2.11. The number of nitrogens with zero attached hydrogens (tertiary/aromatic N) is 5. The molecule has 1 aliphatic rings. The first-order valence-electron chi connectivity index (χ1n) is 9.20. The number of hydrogen-bond donors (Lipinski definition) is 1. The first-order valence-corrected chi connectivity index (χ1v) is 9.20. The molecular weight excluding hydrogens is 328 g/mol. The minimum absolute atomic E-state index is 0.757. The number of hydrogen-bond acceptors (Lipinski definition) is 7. The molecule has 3 rings (SSSR count). The fourth-order valence-corrected chi connectivity index (χ4v) is 2.93. The second kappa shape index (κ2) is 9.45. The molecule has 0 atom stereocenters. The van der Waals surface area contributed by atoms with Gasteiger partial charge in [-0.2, -0.15) is 4.98 Å². The lowest BCUT2D eigenvalue weighted by molar-refractivity contribution is 0.0398. The Morgan fingerprint density at radius 3 is 2.73 bits per heavy atom. The van der Waals surface area contributed by atoms with Gasteiger partial charge in [0, 0.05) is 63.9 Å². The molecule has 2 aromatic heterocycles. The van der Waals surface area contributed by atoms with Crippen molar-refractivity contribution >= 4 is 11.8 Å². The van der Waals surface area contributed by atoms with Gasteiger partial charge in [0.15, 0.2) is 0 Å². The van der Waals surface area contributed by atoms with Crippen molar-refractivity contribution in [1.82, 2.24) is 19.9 Å². The number of ether oxygens (including phenoxy) is 1. The van der Waals surface area contributed by atoms with Gasteiger partial charge in [-0.05, 0) is 31.0 Å². The Kier molecular flexibility index (Phi) is 6.74. The normalized spacial score (nSPS) is 15.0. The van der Waals surface area contributed by atoms with Gasteiger partial charge in [0.25, 0.3) is 0 Å². The molecule has 3 heterocycles. The van der Waals surface area contributed by atoms with Crippen LogP contribution in [-0.4, -0.2) is 72.8 Å². The van der Waals surface area contributed by atoms with Crippen molar-refractivity contribution in [3.63, 3.8) is 0 Å². The zero-order valence-corrected chi connectivity index (χ0v) is 15.7. The second-order valence-electron chi connectivity index (χ2n) is 6.60. The van der Waals surface area contributed by atoms with Crippen LogP contribution in [0.3, 0.4) is 0 Å². The number of aromatic nitrogens is 3. The summed E-state index contributed by atoms with van der Waals surface area (Å²) in [5.41, 5.74) is 2.24. The Hall–Kier alpha value is -2.25. The summed E-state index contributed by atoms with van der Waals surface area (Å²) in [6.07, 6.45) is 4.60. The smallest absolute Gasteiger partial charge is 0.227 e. The maximum absolute atomic E-state index is 5.39. The Morgan fingerprint density at radius 2 is 1.96 bits per heavy atom. The SMILES string of the molecule is Cc1cc(NCCN2CCOCC2)nc(N(C)CCc2ccncc2)n1. The van der Waals surface area contributed by atoms with Crippen molar-refractivity contribution in [1.29, 1.82) is 0 Å². The molecule has 0 spiro atoms. The molecule has 0 aliphatic carbocycles. The lowest BCUT2D eigenvalue weighted by atomic mass is 10.2. The summed E-state index contributed by atoms with van der Waals surface area (Å²) in [4.78, 5) is 17.8. The molecule has 1 N–H and O–H groups in total. The van der Waals surface area contributed by atoms with E-state index in [2.05, 4.69) is 30.1 Å². The first-order chi connectivity index (χ1) is 12.7. The van der Waals surface area contributed by atoms with E-state index in [9.17, 15) is 0 Å². The third-order valence-electron chi connectivity index (χ3n) is 4.51. The summed E-state index contributed by atoms with van der Waals surface area (Å²) in [6.45, 7) is 8.42. The van der Waals surface area contributed by atoms with Gasteiger partial charge >= 0.3 is 0 Å². The monoisotopic (exact) mass is 356 g/mol. The van der Waals surface area contributed by atoms with E-state index in [-0.39, 0.29) is 0 Å². The molecule has 7 nitrogen and oxygen atoms in total. The molecule has 1 saturated heterocycles. The van der Waals surface area contributed by atoms with Crippen LogP contribution in [0.2, 0.25) is 0 Å². The van der Waals surface area contributed by atoms with E-state index in [1.165, 1.54) is 5.56 Å². The highest BCUT2D eigenvalue weighted by atomic mass is 16.5. The third kappa shape index (κ3) is 5.64. The van der Waals surface area contributed by atoms with Crippen LogP contribution in [0.25, 0.3) is 0 Å². The number of nitrogens with one attached hydrogen (secondary N) is 1. The zero-order chi connectivity index (χ0) is 18.2. The zero-order valence-electron chi connectivity index (χ0n) is 15.7. The van der Waals surface area contributed by atoms with Crippen LogP contribution >= 0.6 is 0 Å². The third-order valence-corrected chi connectivity index (χ3v) is 4.51. The predicted octanol–water partition coefficient (Wildman–Crippen LogP) is 1.60. The van der Waals surface area contributed by atoms with Crippen LogP contribution in [-0.2, 0) is 11.2 Å². The highest BCUT2D eigenvalue weighted by Crippen LogP contribution is 2.13. The van der Waals surface area contributed by atoms with Crippen molar-refractivity contribution in [3.8, 4) is 0 Å². The molecule has 0 saturated carbocycles. The average Bonchev–Trinajstić information content (AvgIpc) is 2.67. The van der Waals surface area contributed by atoms with Gasteiger partial charge in [0.1, 0.15) is 5.82 Å². The van der Waals surface area contributed by atoms with Gasteiger partial charge in [-0.15, -0.1) is 0 Å². The average molecular weight is 356 g/mol. The van der Waals surface area contributed by atoms with E-state index in [1.54, 1.807) is 0 Å². The van der Waals surface area contributed by atoms with Crippen LogP contribution < -0.4 is 10.2 Å². The lowest BCUT2D eigenvalue weighted by Gasteiger charge is -2.26. The van der Waals surface area contributed by atoms with E-state index >= 15 is 0 Å². The molecule has 0 radical (unpaired) electrons. The molecule has 1 fully saturated rings. The molecule has 0 aromatic carbocycles. The van der Waals surface area contributed by atoms with Crippen LogP contribution in [0, 0.1) is 6.92 Å². The number of rotatable bonds is 8. The van der Waals surface area contributed by atoms with Crippen LogP contribution in [0.1, 0.15) is 11.3 Å². The maximum atomic E-state index is 5.39. The topological polar surface area (TPSA) is 66.4 Å². The number of pyridine rings is 1. The largest absolute Gasteiger partial charge is 0.379 e. The van der Waals surface area contributed by atoms with Crippen molar-refractivity contribution in [3.05, 3.63) is 41.9 Å². The summed E-state index contributed by atoms with van der Waals surface area (Å²) in [7, 11) is 2.04. The van der Waals surface area contributed by atoms with Crippen molar-refractivity contribution in [2.75, 3.05) is 63.2 Å². The molecule has 0 unspecified atom stereocenters. The first kappa shape index (κ1) is 18.5. The van der Waals surface area contributed by atoms with Gasteiger partial charge < -0.3 is 15.0 Å².